The summed E-state index contributed by atoms with van der Waals surface area (Å²) in [5, 5.41) is 11.5. The Bertz CT molecular complexity index is 1350. The third kappa shape index (κ3) is 4.20. The number of nitrogens with zero attached hydrogens (tertiary/aromatic N) is 3. The number of methoxy groups -OCH3 is 1. The minimum absolute atomic E-state index is 0.108. The molecular formula is C24H19ClFN5O2S. The Kier molecular flexibility index (Phi) is 6.12. The average molecular weight is 496 g/mol. The molecule has 1 aliphatic heterocycles. The van der Waals surface area contributed by atoms with E-state index in [9.17, 15) is 9.18 Å². The van der Waals surface area contributed by atoms with Crippen LogP contribution in [0.4, 0.5) is 10.1 Å². The first-order valence-corrected chi connectivity index (χ1v) is 11.6. The fourth-order valence-corrected chi connectivity index (χ4v) is 5.07. The highest BCUT2D eigenvalue weighted by molar-refractivity contribution is 8.00. The number of aromatic nitrogens is 3. The van der Waals surface area contributed by atoms with Gasteiger partial charge >= 0.3 is 0 Å². The molecule has 0 bridgehead atoms. The van der Waals surface area contributed by atoms with Crippen LogP contribution in [0.1, 0.15) is 11.6 Å². The maximum absolute atomic E-state index is 14.2. The molecule has 0 radical (unpaired) electrons. The van der Waals surface area contributed by atoms with Crippen LogP contribution < -0.4 is 15.5 Å². The lowest BCUT2D eigenvalue weighted by Crippen LogP contribution is -2.41. The van der Waals surface area contributed by atoms with Gasteiger partial charge in [0.15, 0.2) is 5.82 Å². The summed E-state index contributed by atoms with van der Waals surface area (Å²) in [6.07, 6.45) is 0. The number of para-hydroxylation sites is 1. The van der Waals surface area contributed by atoms with Crippen LogP contribution in [0.15, 0.2) is 78.0 Å². The molecule has 5 rings (SSSR count). The number of amides is 1. The van der Waals surface area contributed by atoms with Crippen molar-refractivity contribution in [3.05, 3.63) is 89.2 Å². The maximum atomic E-state index is 14.2. The van der Waals surface area contributed by atoms with Gasteiger partial charge < -0.3 is 15.5 Å². The number of ether oxygens (including phenoxy) is 1. The van der Waals surface area contributed by atoms with E-state index in [0.29, 0.717) is 21.8 Å². The third-order valence-corrected chi connectivity index (χ3v) is 6.90. The van der Waals surface area contributed by atoms with Crippen LogP contribution in [0.3, 0.4) is 0 Å². The molecule has 10 heteroatoms. The summed E-state index contributed by atoms with van der Waals surface area (Å²) in [6, 6.07) is 20.5. The Balaban J connectivity index is 1.54. The van der Waals surface area contributed by atoms with Gasteiger partial charge in [0.05, 0.1) is 23.9 Å². The number of rotatable bonds is 5. The number of carbonyl (C=O) groups is 1. The number of fused-ring (bicyclic) bond motifs is 1. The smallest absolute Gasteiger partial charge is 0.240 e. The predicted molar refractivity (Wildman–Crippen MR) is 130 cm³/mol. The second kappa shape index (κ2) is 9.36. The Labute approximate surface area is 204 Å². The van der Waals surface area contributed by atoms with Gasteiger partial charge in [-0.25, -0.2) is 9.07 Å². The number of nitrogens with one attached hydrogen (secondary N) is 2. The summed E-state index contributed by atoms with van der Waals surface area (Å²) in [6.45, 7) is 0. The van der Waals surface area contributed by atoms with E-state index in [1.165, 1.54) is 31.0 Å². The van der Waals surface area contributed by atoms with Crippen molar-refractivity contribution in [3.8, 4) is 17.1 Å². The van der Waals surface area contributed by atoms with E-state index in [-0.39, 0.29) is 11.6 Å². The van der Waals surface area contributed by atoms with Gasteiger partial charge in [0, 0.05) is 5.56 Å². The van der Waals surface area contributed by atoms with Crippen LogP contribution in [0.25, 0.3) is 11.4 Å². The number of benzene rings is 3. The van der Waals surface area contributed by atoms with Crippen LogP contribution >= 0.6 is 23.4 Å². The Morgan fingerprint density at radius 1 is 1.12 bits per heavy atom. The van der Waals surface area contributed by atoms with Gasteiger partial charge in [-0.05, 0) is 29.8 Å². The fraction of sp³-hybridized carbons (Fsp3) is 0.125. The summed E-state index contributed by atoms with van der Waals surface area (Å²) >= 11 is 7.63. The molecule has 3 aromatic carbocycles. The molecule has 0 saturated carbocycles. The standard InChI is InChI=1S/C24H19ClFN5O2S/c1-33-19-12-11-15(13-16(19)25)20-21(23(32)27-18-10-6-5-9-17(18)26)34-24-29-28-22(31(24)30-20)14-7-3-2-4-8-14/h2-13,20-21,30H,1H3,(H,27,32)/t20-,21+/m0/s1. The fourth-order valence-electron chi connectivity index (χ4n) is 3.72. The second-order valence-electron chi connectivity index (χ2n) is 7.52. The highest BCUT2D eigenvalue weighted by Crippen LogP contribution is 2.40. The van der Waals surface area contributed by atoms with E-state index in [1.807, 2.05) is 36.4 Å². The van der Waals surface area contributed by atoms with Crippen molar-refractivity contribution in [2.45, 2.75) is 16.4 Å². The minimum Gasteiger partial charge on any atom is -0.495 e. The van der Waals surface area contributed by atoms with Gasteiger partial charge in [0.2, 0.25) is 11.1 Å². The van der Waals surface area contributed by atoms with Crippen molar-refractivity contribution in [1.29, 1.82) is 0 Å². The quantitative estimate of drug-likeness (QED) is 0.399. The first-order chi connectivity index (χ1) is 16.5. The summed E-state index contributed by atoms with van der Waals surface area (Å²) in [5.74, 6) is 0.245. The van der Waals surface area contributed by atoms with Crippen LogP contribution in [-0.2, 0) is 4.79 Å². The van der Waals surface area contributed by atoms with E-state index in [2.05, 4.69) is 20.9 Å². The Hall–Kier alpha value is -3.56. The zero-order valence-electron chi connectivity index (χ0n) is 17.9. The molecule has 2 heterocycles. The van der Waals surface area contributed by atoms with E-state index in [1.54, 1.807) is 28.9 Å². The molecule has 0 unspecified atom stereocenters. The summed E-state index contributed by atoms with van der Waals surface area (Å²) in [4.78, 5) is 13.3. The Morgan fingerprint density at radius 2 is 1.88 bits per heavy atom. The molecule has 0 saturated heterocycles. The van der Waals surface area contributed by atoms with Crippen LogP contribution in [-0.4, -0.2) is 33.1 Å². The number of thioether (sulfide) groups is 1. The van der Waals surface area contributed by atoms with Crippen molar-refractivity contribution < 1.29 is 13.9 Å². The largest absolute Gasteiger partial charge is 0.495 e. The van der Waals surface area contributed by atoms with Crippen molar-refractivity contribution in [3.63, 3.8) is 0 Å². The highest BCUT2D eigenvalue weighted by atomic mass is 35.5. The molecular weight excluding hydrogens is 477 g/mol. The molecule has 0 spiro atoms. The summed E-state index contributed by atoms with van der Waals surface area (Å²) in [7, 11) is 1.54. The van der Waals surface area contributed by atoms with Gasteiger partial charge in [0.25, 0.3) is 0 Å². The third-order valence-electron chi connectivity index (χ3n) is 5.39. The molecule has 172 valence electrons. The SMILES string of the molecule is COc1ccc([C@@H]2Nn3c(nnc3-c3ccccc3)S[C@H]2C(=O)Nc2ccccc2F)cc1Cl. The van der Waals surface area contributed by atoms with Crippen molar-refractivity contribution in [2.75, 3.05) is 17.9 Å². The lowest BCUT2D eigenvalue weighted by Gasteiger charge is -2.33. The maximum Gasteiger partial charge on any atom is 0.240 e. The molecule has 2 N–H and O–H groups in total. The number of halogens is 2. The van der Waals surface area contributed by atoms with Crippen molar-refractivity contribution >= 4 is 35.0 Å². The second-order valence-corrected chi connectivity index (χ2v) is 9.03. The molecule has 0 fully saturated rings. The summed E-state index contributed by atoms with van der Waals surface area (Å²) in [5.41, 5.74) is 5.11. The molecule has 0 aliphatic carbocycles. The van der Waals surface area contributed by atoms with Crippen LogP contribution in [0.2, 0.25) is 5.02 Å². The van der Waals surface area contributed by atoms with E-state index in [0.717, 1.165) is 11.1 Å². The monoisotopic (exact) mass is 495 g/mol. The van der Waals surface area contributed by atoms with E-state index >= 15 is 0 Å². The van der Waals surface area contributed by atoms with E-state index in [4.69, 9.17) is 16.3 Å². The predicted octanol–water partition coefficient (Wildman–Crippen LogP) is 5.14. The number of hydrogen-bond donors (Lipinski definition) is 2. The van der Waals surface area contributed by atoms with Gasteiger partial charge in [-0.2, -0.15) is 0 Å². The normalized spacial score (nSPS) is 16.9. The lowest BCUT2D eigenvalue weighted by molar-refractivity contribution is -0.116. The van der Waals surface area contributed by atoms with Gasteiger partial charge in [-0.15, -0.1) is 10.2 Å². The molecule has 7 nitrogen and oxygen atoms in total. The van der Waals surface area contributed by atoms with Crippen LogP contribution in [0, 0.1) is 5.82 Å². The molecule has 1 aromatic heterocycles. The molecule has 1 amide bonds. The minimum atomic E-state index is -0.690. The zero-order chi connectivity index (χ0) is 23.7. The Morgan fingerprint density at radius 3 is 2.62 bits per heavy atom. The first kappa shape index (κ1) is 22.2. The van der Waals surface area contributed by atoms with Crippen molar-refractivity contribution in [1.82, 2.24) is 14.9 Å². The zero-order valence-corrected chi connectivity index (χ0v) is 19.5. The highest BCUT2D eigenvalue weighted by Gasteiger charge is 2.38. The first-order valence-electron chi connectivity index (χ1n) is 10.4. The van der Waals surface area contributed by atoms with Crippen LogP contribution in [0.5, 0.6) is 5.75 Å². The molecule has 1 aliphatic rings. The lowest BCUT2D eigenvalue weighted by atomic mass is 10.0. The molecule has 4 aromatic rings. The number of hydrogen-bond acceptors (Lipinski definition) is 6. The average Bonchev–Trinajstić information content (AvgIpc) is 3.28. The molecule has 2 atom stereocenters. The summed E-state index contributed by atoms with van der Waals surface area (Å²) < 4.78 is 21.2. The van der Waals surface area contributed by atoms with Gasteiger partial charge in [-0.1, -0.05) is 71.9 Å². The van der Waals surface area contributed by atoms with Crippen molar-refractivity contribution in [2.24, 2.45) is 0 Å². The topological polar surface area (TPSA) is 81.1 Å². The molecule has 34 heavy (non-hydrogen) atoms. The van der Waals surface area contributed by atoms with Gasteiger partial charge in [0.1, 0.15) is 16.8 Å². The number of anilines is 1. The number of carbonyl (C=O) groups excluding carboxylic acids is 1. The van der Waals surface area contributed by atoms with Gasteiger partial charge in [-0.3, -0.25) is 4.79 Å². The van der Waals surface area contributed by atoms with E-state index < -0.39 is 17.1 Å².